The smallest absolute Gasteiger partial charge is 0.425 e. The van der Waals surface area contributed by atoms with Crippen molar-refractivity contribution in [1.82, 2.24) is 4.58 Å². The molecule has 4 aromatic rings. The molecule has 3 N–H and O–H groups in total. The quantitative estimate of drug-likeness (QED) is 0.0626. The Balaban J connectivity index is 0.00000158. The highest BCUT2D eigenvalue weighted by atomic mass is 32.2. The summed E-state index contributed by atoms with van der Waals surface area (Å²) >= 11 is 0.0938. The number of hydrogen-bond acceptors (Lipinski definition) is 10. The monoisotopic (exact) mass is 953 g/mol. The number of carbonyl (C=O) groups is 1. The summed E-state index contributed by atoms with van der Waals surface area (Å²) in [6.07, 6.45) is 2.71. The zero-order valence-electron chi connectivity index (χ0n) is 34.3. The van der Waals surface area contributed by atoms with Gasteiger partial charge < -0.3 is 10.0 Å². The number of hydrogen-bond donors (Lipinski definition) is 3. The summed E-state index contributed by atoms with van der Waals surface area (Å²) in [4.78, 5) is 11.9. The summed E-state index contributed by atoms with van der Waals surface area (Å²) in [7, 11) is -12.3. The maximum Gasteiger partial charge on any atom is 0.425 e. The van der Waals surface area contributed by atoms with Crippen molar-refractivity contribution in [2.24, 2.45) is 0 Å². The van der Waals surface area contributed by atoms with Gasteiger partial charge in [0.05, 0.1) is 21.8 Å². The summed E-state index contributed by atoms with van der Waals surface area (Å²) in [6, 6.07) is 12.9. The lowest BCUT2D eigenvalue weighted by atomic mass is 9.67. The molecule has 4 aromatic carbocycles. The Morgan fingerprint density at radius 2 is 1.51 bits per heavy atom. The van der Waals surface area contributed by atoms with Crippen LogP contribution in [0.4, 0.5) is 23.2 Å². The van der Waals surface area contributed by atoms with Gasteiger partial charge in [-0.3, -0.25) is 13.9 Å². The molecule has 1 aliphatic carbocycles. The molecule has 2 aliphatic heterocycles. The number of aliphatic carboxylic acids is 1. The van der Waals surface area contributed by atoms with Crippen molar-refractivity contribution in [3.63, 3.8) is 0 Å². The van der Waals surface area contributed by atoms with Crippen molar-refractivity contribution < 1.29 is 66.0 Å². The van der Waals surface area contributed by atoms with Gasteiger partial charge in [0, 0.05) is 52.4 Å². The number of anilines is 1. The molecule has 0 unspecified atom stereocenters. The van der Waals surface area contributed by atoms with E-state index in [0.717, 1.165) is 0 Å². The first-order valence-electron chi connectivity index (χ1n) is 19.2. The zero-order valence-corrected chi connectivity index (χ0v) is 37.6. The van der Waals surface area contributed by atoms with Crippen LogP contribution in [0.15, 0.2) is 64.4 Å². The fourth-order valence-corrected chi connectivity index (χ4v) is 11.0. The van der Waals surface area contributed by atoms with Crippen molar-refractivity contribution in [3.05, 3.63) is 127 Å². The summed E-state index contributed by atoms with van der Waals surface area (Å²) in [5.74, 6) is -10.2. The molecule has 7 rings (SSSR count). The number of fused-ring (bicyclic) bond motifs is 4. The zero-order chi connectivity index (χ0) is 46.7. The summed E-state index contributed by atoms with van der Waals surface area (Å²) in [5.41, 5.74) is 0.146. The maximum absolute atomic E-state index is 16.7. The van der Waals surface area contributed by atoms with Crippen LogP contribution in [-0.4, -0.2) is 79.8 Å². The van der Waals surface area contributed by atoms with Gasteiger partial charge in [-0.05, 0) is 78.9 Å². The average Bonchev–Trinajstić information content (AvgIpc) is 3.16. The van der Waals surface area contributed by atoms with Gasteiger partial charge in [0.25, 0.3) is 20.2 Å². The molecule has 3 aliphatic rings. The fourth-order valence-electron chi connectivity index (χ4n) is 8.92. The van der Waals surface area contributed by atoms with Crippen LogP contribution in [0.3, 0.4) is 0 Å². The van der Waals surface area contributed by atoms with Gasteiger partial charge in [-0.15, -0.1) is 24.4 Å². The minimum Gasteiger partial charge on any atom is -0.481 e. The molecule has 63 heavy (non-hydrogen) atoms. The van der Waals surface area contributed by atoms with Crippen LogP contribution in [-0.2, 0) is 54.0 Å². The molecule has 13 nitrogen and oxygen atoms in total. The lowest BCUT2D eigenvalue weighted by molar-refractivity contribution is -0.133. The van der Waals surface area contributed by atoms with E-state index in [-0.39, 0.29) is 45.1 Å². The van der Waals surface area contributed by atoms with Crippen LogP contribution in [0.2, 0.25) is 0 Å². The average molecular weight is 954 g/mol. The topological polar surface area (TPSA) is 203 Å². The molecule has 0 bridgehead atoms. The van der Waals surface area contributed by atoms with Crippen LogP contribution in [0, 0.1) is 23.3 Å². The van der Waals surface area contributed by atoms with E-state index in [1.165, 1.54) is 12.1 Å². The molecule has 0 atom stereocenters. The van der Waals surface area contributed by atoms with E-state index in [0.29, 0.717) is 64.8 Å². The number of benzene rings is 4. The third-order valence-electron chi connectivity index (χ3n) is 11.4. The van der Waals surface area contributed by atoms with E-state index in [1.807, 2.05) is 50.2 Å². The number of likely N-dealkylation sites (N-methyl/N-ethyl adjacent to an activating group) is 1. The summed E-state index contributed by atoms with van der Waals surface area (Å²) < 4.78 is 162. The van der Waals surface area contributed by atoms with Gasteiger partial charge >= 0.3 is 16.6 Å². The maximum atomic E-state index is 16.7. The van der Waals surface area contributed by atoms with Crippen molar-refractivity contribution in [1.29, 1.82) is 0 Å². The van der Waals surface area contributed by atoms with Gasteiger partial charge in [-0.1, -0.05) is 38.1 Å². The van der Waals surface area contributed by atoms with Crippen LogP contribution in [0.5, 0.6) is 0 Å². The van der Waals surface area contributed by atoms with E-state index in [2.05, 4.69) is 0 Å². The highest BCUT2D eigenvalue weighted by molar-refractivity contribution is 8.00. The van der Waals surface area contributed by atoms with Crippen molar-refractivity contribution in [3.8, 4) is 0 Å². The lowest BCUT2D eigenvalue weighted by Gasteiger charge is -2.45. The Morgan fingerprint density at radius 3 is 2.08 bits per heavy atom. The molecule has 0 spiro atoms. The van der Waals surface area contributed by atoms with Gasteiger partial charge in [0.15, 0.2) is 29.8 Å². The third-order valence-corrected chi connectivity index (χ3v) is 14.1. The molecule has 0 aromatic heterocycles. The molecule has 0 fully saturated rings. The molecule has 0 saturated carbocycles. The molecule has 0 saturated heterocycles. The van der Waals surface area contributed by atoms with E-state index < -0.39 is 93.0 Å². The number of aryl methyl sites for hydroxylation is 1. The minimum atomic E-state index is -4.60. The first kappa shape index (κ1) is 47.5. The van der Waals surface area contributed by atoms with Gasteiger partial charge in [0.1, 0.15) is 17.2 Å². The highest BCUT2D eigenvalue weighted by Gasteiger charge is 2.41. The van der Waals surface area contributed by atoms with Gasteiger partial charge in [-0.2, -0.15) is 16.8 Å². The second-order valence-corrected chi connectivity index (χ2v) is 20.4. The van der Waals surface area contributed by atoms with Crippen molar-refractivity contribution in [2.45, 2.75) is 74.7 Å². The molecular formula is C42H41F4N2O11S4+. The van der Waals surface area contributed by atoms with E-state index in [9.17, 15) is 30.7 Å². The fraction of sp³-hybridized carbons (Fsp3) is 0.333. The molecule has 0 radical (unpaired) electrons. The number of carboxylic acid groups (broad SMARTS) is 1. The van der Waals surface area contributed by atoms with Gasteiger partial charge in [0.2, 0.25) is 5.36 Å². The van der Waals surface area contributed by atoms with E-state index in [1.54, 1.807) is 36.4 Å². The number of rotatable bonds is 10. The molecule has 21 heteroatoms. The first-order chi connectivity index (χ1) is 29.2. The third kappa shape index (κ3) is 9.21. The Hall–Kier alpha value is -4.93. The normalized spacial score (nSPS) is 16.2. The predicted molar refractivity (Wildman–Crippen MR) is 226 cm³/mol. The number of thioether (sulfide) groups is 1. The second-order valence-electron chi connectivity index (χ2n) is 16.2. The van der Waals surface area contributed by atoms with Crippen LogP contribution < -0.4 is 20.1 Å². The Labute approximate surface area is 366 Å². The van der Waals surface area contributed by atoms with Crippen LogP contribution in [0.1, 0.15) is 80.0 Å². The number of nitrogens with zero attached hydrogens (tertiary/aromatic N) is 2. The SMILES string of the molecule is CCN1c2cc3c(cc2C(CS(=O)(=O)O)=CC1(C)C)C(c1c(F)c(F)c(SCC(=O)O)c(F)c1F)=c1cc2c(cc1C3(C)C)=[N+](Cc1ccccc1S(=O)(=O)O)CCC2.O=S(=O)=O. The lowest BCUT2D eigenvalue weighted by Crippen LogP contribution is -2.46. The predicted octanol–water partition coefficient (Wildman–Crippen LogP) is 5.08. The van der Waals surface area contributed by atoms with Crippen LogP contribution in [0.25, 0.3) is 11.1 Å². The van der Waals surface area contributed by atoms with Crippen LogP contribution >= 0.6 is 11.8 Å². The van der Waals surface area contributed by atoms with Crippen molar-refractivity contribution >= 4 is 65.4 Å². The number of carboxylic acids is 1. The molecular weight excluding hydrogens is 913 g/mol. The molecule has 0 amide bonds. The first-order valence-corrected chi connectivity index (χ1v) is 24.2. The Bertz CT molecular complexity index is 3100. The summed E-state index contributed by atoms with van der Waals surface area (Å²) in [6.45, 7) is 10.4. The molecule has 2 heterocycles. The minimum absolute atomic E-state index is 0.0708. The second kappa shape index (κ2) is 17.2. The number of halogens is 4. The largest absolute Gasteiger partial charge is 0.481 e. The Kier molecular flexibility index (Phi) is 13.0. The Morgan fingerprint density at radius 1 is 0.889 bits per heavy atom. The van der Waals surface area contributed by atoms with Gasteiger partial charge in [-0.25, -0.2) is 22.1 Å². The van der Waals surface area contributed by atoms with E-state index in [4.69, 9.17) is 17.7 Å². The standard InChI is InChI=1S/C42H40F4N2O8S3.O3S/c1-6-48-31-17-29-27(15-25(31)24(18-41(48,2)3)21-58(51,52)53)34(35-36(43)38(45)40(39(46)37(35)44)57-20-33(49)50)26-14-22-11-9-13-47(30(22)16-28(26)42(29,4)5)19-23-10-7-8-12-32(23)59(54,55)56;1-4(2)3/h7-8,10,12,14-18H,6,9,11,13,19-21H2,1-5H3,(H2-,49,50,51,52,53,54,55,56);/p+1. The molecule has 336 valence electrons. The summed E-state index contributed by atoms with van der Waals surface area (Å²) in [5, 5.41) is 10.1. The van der Waals surface area contributed by atoms with E-state index >= 15 is 17.6 Å². The highest BCUT2D eigenvalue weighted by Crippen LogP contribution is 2.49. The van der Waals surface area contributed by atoms with Crippen molar-refractivity contribution in [2.75, 3.05) is 29.5 Å².